The maximum absolute atomic E-state index is 16.0. The van der Waals surface area contributed by atoms with Gasteiger partial charge in [-0.1, -0.05) is 6.42 Å². The van der Waals surface area contributed by atoms with E-state index in [4.69, 9.17) is 18.9 Å². The highest BCUT2D eigenvalue weighted by Crippen LogP contribution is 2.41. The summed E-state index contributed by atoms with van der Waals surface area (Å²) in [6.45, 7) is 14.7. The van der Waals surface area contributed by atoms with Crippen molar-refractivity contribution in [3.8, 4) is 17.0 Å². The summed E-state index contributed by atoms with van der Waals surface area (Å²) in [6.07, 6.45) is 3.81. The van der Waals surface area contributed by atoms with Crippen molar-refractivity contribution in [3.63, 3.8) is 0 Å². The molecule has 2 aromatic heterocycles. The summed E-state index contributed by atoms with van der Waals surface area (Å²) < 4.78 is 38.7. The molecular weight excluding hydrogens is 633 g/mol. The minimum Gasteiger partial charge on any atom is -0.474 e. The molecule has 12 nitrogen and oxygen atoms in total. The van der Waals surface area contributed by atoms with Gasteiger partial charge in [0, 0.05) is 36.0 Å². The Morgan fingerprint density at radius 3 is 2.35 bits per heavy atom. The van der Waals surface area contributed by atoms with Crippen molar-refractivity contribution in [1.29, 1.82) is 0 Å². The highest BCUT2D eigenvalue weighted by molar-refractivity contribution is 5.96. The monoisotopic (exact) mass is 679 g/mol. The van der Waals surface area contributed by atoms with Crippen LogP contribution in [-0.4, -0.2) is 76.7 Å². The molecule has 1 aliphatic heterocycles. The van der Waals surface area contributed by atoms with E-state index in [1.54, 1.807) is 74.6 Å². The Labute approximate surface area is 286 Å². The standard InChI is InChI=1S/C36H46FN5O7/c1-20-24-18-38-28(40-32(43)47-27-13-11-10-12-26(27)41(9)33(44)48-35(3,4)5)17-22(24)16-23(29(20)37)25-19-39-31-30(21(25)2)42(14-15-46-31)34(45)49-36(6,7)8/h16-19,26-27H,10-15H2,1-9H3,(H,38,40,43)/t26-,27-/m1/s1. The maximum Gasteiger partial charge on any atom is 0.415 e. The molecule has 0 saturated heterocycles. The van der Waals surface area contributed by atoms with Gasteiger partial charge in [0.15, 0.2) is 0 Å². The molecule has 3 amide bonds. The fourth-order valence-corrected chi connectivity index (χ4v) is 6.21. The van der Waals surface area contributed by atoms with E-state index in [1.165, 1.54) is 22.2 Å². The highest BCUT2D eigenvalue weighted by atomic mass is 19.1. The van der Waals surface area contributed by atoms with Gasteiger partial charge in [0.2, 0.25) is 5.88 Å². The average Bonchev–Trinajstić information content (AvgIpc) is 3.01. The smallest absolute Gasteiger partial charge is 0.415 e. The molecule has 2 aliphatic rings. The number of amides is 3. The lowest BCUT2D eigenvalue weighted by Crippen LogP contribution is -2.49. The second-order valence-corrected chi connectivity index (χ2v) is 14.6. The summed E-state index contributed by atoms with van der Waals surface area (Å²) in [4.78, 5) is 50.8. The first-order chi connectivity index (χ1) is 22.9. The van der Waals surface area contributed by atoms with Gasteiger partial charge in [-0.15, -0.1) is 0 Å². The van der Waals surface area contributed by atoms with Crippen LogP contribution in [0.5, 0.6) is 5.88 Å². The Morgan fingerprint density at radius 2 is 1.65 bits per heavy atom. The van der Waals surface area contributed by atoms with E-state index in [0.29, 0.717) is 46.0 Å². The van der Waals surface area contributed by atoms with Crippen molar-refractivity contribution < 1.29 is 37.7 Å². The Balaban J connectivity index is 1.40. The third kappa shape index (κ3) is 7.97. The number of hydrogen-bond acceptors (Lipinski definition) is 9. The zero-order chi connectivity index (χ0) is 35.8. The summed E-state index contributed by atoms with van der Waals surface area (Å²) in [7, 11) is 1.66. The van der Waals surface area contributed by atoms with Gasteiger partial charge in [-0.25, -0.2) is 28.7 Å². The predicted octanol–water partition coefficient (Wildman–Crippen LogP) is 7.91. The van der Waals surface area contributed by atoms with Gasteiger partial charge in [-0.3, -0.25) is 10.2 Å². The summed E-state index contributed by atoms with van der Waals surface area (Å²) >= 11 is 0. The molecule has 0 spiro atoms. The number of benzene rings is 1. The molecule has 1 aromatic carbocycles. The largest absolute Gasteiger partial charge is 0.474 e. The molecule has 1 fully saturated rings. The number of ether oxygens (including phenoxy) is 4. The van der Waals surface area contributed by atoms with Gasteiger partial charge < -0.3 is 23.8 Å². The fraction of sp³-hybridized carbons (Fsp3) is 0.528. The number of fused-ring (bicyclic) bond motifs is 2. The SMILES string of the molecule is Cc1c(-c2cc3cc(NC(=O)O[C@@H]4CCCC[C@H]4N(C)C(=O)OC(C)(C)C)ncc3c(C)c2F)cnc2c1N(C(=O)OC(C)(C)C)CCO2. The summed E-state index contributed by atoms with van der Waals surface area (Å²) in [5, 5.41) is 3.89. The highest BCUT2D eigenvalue weighted by Gasteiger charge is 2.36. The minimum absolute atomic E-state index is 0.215. The van der Waals surface area contributed by atoms with E-state index in [9.17, 15) is 14.4 Å². The third-order valence-corrected chi connectivity index (χ3v) is 8.54. The zero-order valence-electron chi connectivity index (χ0n) is 29.7. The number of carbonyl (C=O) groups excluding carboxylic acids is 3. The molecule has 264 valence electrons. The quantitative estimate of drug-likeness (QED) is 0.273. The molecule has 0 bridgehead atoms. The predicted molar refractivity (Wildman–Crippen MR) is 184 cm³/mol. The number of carbonyl (C=O) groups is 3. The van der Waals surface area contributed by atoms with Crippen molar-refractivity contribution in [2.45, 2.75) is 104 Å². The van der Waals surface area contributed by atoms with Crippen molar-refractivity contribution in [2.24, 2.45) is 0 Å². The Hall–Kier alpha value is -4.68. The van der Waals surface area contributed by atoms with E-state index in [1.807, 2.05) is 0 Å². The van der Waals surface area contributed by atoms with E-state index in [2.05, 4.69) is 15.3 Å². The number of pyridine rings is 2. The van der Waals surface area contributed by atoms with Gasteiger partial charge in [0.25, 0.3) is 0 Å². The van der Waals surface area contributed by atoms with Gasteiger partial charge in [-0.05, 0) is 103 Å². The molecule has 49 heavy (non-hydrogen) atoms. The van der Waals surface area contributed by atoms with Crippen LogP contribution in [0.25, 0.3) is 21.9 Å². The van der Waals surface area contributed by atoms with Crippen LogP contribution in [0.1, 0.15) is 78.4 Å². The molecule has 1 aliphatic carbocycles. The summed E-state index contributed by atoms with van der Waals surface area (Å²) in [5.41, 5.74) is 0.765. The fourth-order valence-electron chi connectivity index (χ4n) is 6.21. The number of hydrogen-bond donors (Lipinski definition) is 1. The molecule has 2 atom stereocenters. The summed E-state index contributed by atoms with van der Waals surface area (Å²) in [6, 6.07) is 2.98. The van der Waals surface area contributed by atoms with Crippen LogP contribution in [0.15, 0.2) is 24.5 Å². The van der Waals surface area contributed by atoms with Crippen LogP contribution in [-0.2, 0) is 14.2 Å². The topological polar surface area (TPSA) is 132 Å². The molecule has 0 unspecified atom stereocenters. The second-order valence-electron chi connectivity index (χ2n) is 14.6. The van der Waals surface area contributed by atoms with Gasteiger partial charge in [-0.2, -0.15) is 0 Å². The van der Waals surface area contributed by atoms with Crippen LogP contribution in [0.3, 0.4) is 0 Å². The van der Waals surface area contributed by atoms with E-state index in [0.717, 1.165) is 12.8 Å². The number of anilines is 2. The van der Waals surface area contributed by atoms with Crippen molar-refractivity contribution in [3.05, 3.63) is 41.5 Å². The van der Waals surface area contributed by atoms with E-state index < -0.39 is 41.4 Å². The van der Waals surface area contributed by atoms with Crippen LogP contribution in [0.4, 0.5) is 30.3 Å². The first-order valence-electron chi connectivity index (χ1n) is 16.6. The molecule has 5 rings (SSSR count). The molecular formula is C36H46FN5O7. The number of rotatable bonds is 4. The molecule has 0 radical (unpaired) electrons. The second kappa shape index (κ2) is 13.7. The first-order valence-corrected chi connectivity index (χ1v) is 16.6. The first kappa shape index (κ1) is 35.6. The van der Waals surface area contributed by atoms with Crippen LogP contribution in [0.2, 0.25) is 0 Å². The normalized spacial score (nSPS) is 17.9. The lowest BCUT2D eigenvalue weighted by atomic mass is 9.91. The Kier molecular flexibility index (Phi) is 9.94. The van der Waals surface area contributed by atoms with Crippen molar-refractivity contribution >= 4 is 40.6 Å². The van der Waals surface area contributed by atoms with Crippen LogP contribution < -0.4 is 15.0 Å². The minimum atomic E-state index is -0.711. The van der Waals surface area contributed by atoms with Gasteiger partial charge >= 0.3 is 18.3 Å². The maximum atomic E-state index is 16.0. The molecule has 3 aromatic rings. The molecule has 1 N–H and O–H groups in total. The molecule has 1 saturated carbocycles. The number of aryl methyl sites for hydroxylation is 1. The molecule has 3 heterocycles. The Morgan fingerprint density at radius 1 is 0.959 bits per heavy atom. The van der Waals surface area contributed by atoms with Crippen LogP contribution >= 0.6 is 0 Å². The average molecular weight is 680 g/mol. The number of aromatic nitrogens is 2. The van der Waals surface area contributed by atoms with Gasteiger partial charge in [0.05, 0.1) is 12.6 Å². The number of halogens is 1. The Bertz CT molecular complexity index is 1770. The van der Waals surface area contributed by atoms with Crippen LogP contribution in [0, 0.1) is 19.7 Å². The number of nitrogens with one attached hydrogen (secondary N) is 1. The zero-order valence-corrected chi connectivity index (χ0v) is 29.7. The number of nitrogens with zero attached hydrogens (tertiary/aromatic N) is 4. The lowest BCUT2D eigenvalue weighted by molar-refractivity contribution is -0.0123. The number of likely N-dealkylation sites (N-methyl/N-ethyl adjacent to an activating group) is 1. The van der Waals surface area contributed by atoms with E-state index >= 15 is 4.39 Å². The lowest BCUT2D eigenvalue weighted by Gasteiger charge is -2.37. The molecule has 13 heteroatoms. The third-order valence-electron chi connectivity index (χ3n) is 8.54. The van der Waals surface area contributed by atoms with Gasteiger partial charge in [0.1, 0.15) is 41.2 Å². The van der Waals surface area contributed by atoms with E-state index in [-0.39, 0.29) is 36.5 Å². The van der Waals surface area contributed by atoms with Crippen molar-refractivity contribution in [2.75, 3.05) is 30.4 Å². The van der Waals surface area contributed by atoms with Crippen molar-refractivity contribution in [1.82, 2.24) is 14.9 Å². The summed E-state index contributed by atoms with van der Waals surface area (Å²) in [5.74, 6) is 0.0207.